The Bertz CT molecular complexity index is 943. The summed E-state index contributed by atoms with van der Waals surface area (Å²) >= 11 is 5.90. The SMILES string of the molecule is Cc1cc(N2CCN(C(=O)[C@@H](C)n3cc(Cl)cn3)CC2)n2ncnc2n1. The Kier molecular flexibility index (Phi) is 4.23. The smallest absolute Gasteiger partial charge is 0.254 e. The maximum absolute atomic E-state index is 12.7. The molecule has 26 heavy (non-hydrogen) atoms. The number of halogens is 1. The van der Waals surface area contributed by atoms with Crippen LogP contribution in [0.2, 0.25) is 5.02 Å². The van der Waals surface area contributed by atoms with Gasteiger partial charge in [-0.15, -0.1) is 0 Å². The lowest BCUT2D eigenvalue weighted by molar-refractivity contribution is -0.134. The fourth-order valence-electron chi connectivity index (χ4n) is 3.20. The summed E-state index contributed by atoms with van der Waals surface area (Å²) in [5.74, 6) is 1.58. The summed E-state index contributed by atoms with van der Waals surface area (Å²) in [6.07, 6.45) is 4.71. The number of nitrogens with zero attached hydrogens (tertiary/aromatic N) is 8. The van der Waals surface area contributed by atoms with Crippen LogP contribution < -0.4 is 4.90 Å². The Hall–Kier alpha value is -2.68. The number of hydrogen-bond donors (Lipinski definition) is 0. The molecule has 0 aromatic carbocycles. The Morgan fingerprint density at radius 2 is 2.00 bits per heavy atom. The molecule has 136 valence electrons. The number of aryl methyl sites for hydroxylation is 1. The summed E-state index contributed by atoms with van der Waals surface area (Å²) in [6.45, 7) is 6.48. The summed E-state index contributed by atoms with van der Waals surface area (Å²) in [4.78, 5) is 25.3. The molecule has 1 fully saturated rings. The lowest BCUT2D eigenvalue weighted by Crippen LogP contribution is -2.50. The molecule has 10 heteroatoms. The van der Waals surface area contributed by atoms with E-state index in [9.17, 15) is 4.79 Å². The van der Waals surface area contributed by atoms with E-state index in [-0.39, 0.29) is 11.9 Å². The van der Waals surface area contributed by atoms with Gasteiger partial charge in [0.25, 0.3) is 5.78 Å². The Labute approximate surface area is 155 Å². The highest BCUT2D eigenvalue weighted by atomic mass is 35.5. The normalized spacial score (nSPS) is 16.3. The third-order valence-corrected chi connectivity index (χ3v) is 4.80. The first kappa shape index (κ1) is 16.8. The lowest BCUT2D eigenvalue weighted by atomic mass is 10.2. The Balaban J connectivity index is 1.47. The van der Waals surface area contributed by atoms with E-state index in [1.807, 2.05) is 24.8 Å². The van der Waals surface area contributed by atoms with Crippen molar-refractivity contribution in [2.24, 2.45) is 0 Å². The van der Waals surface area contributed by atoms with Crippen LogP contribution in [-0.2, 0) is 4.79 Å². The van der Waals surface area contributed by atoms with Crippen LogP contribution in [-0.4, -0.2) is 66.3 Å². The Morgan fingerprint density at radius 3 is 2.69 bits per heavy atom. The molecule has 4 heterocycles. The minimum absolute atomic E-state index is 0.0428. The minimum Gasteiger partial charge on any atom is -0.353 e. The fourth-order valence-corrected chi connectivity index (χ4v) is 3.34. The van der Waals surface area contributed by atoms with Crippen LogP contribution in [0.15, 0.2) is 24.8 Å². The van der Waals surface area contributed by atoms with Gasteiger partial charge in [0.15, 0.2) is 0 Å². The molecule has 1 saturated heterocycles. The van der Waals surface area contributed by atoms with E-state index in [2.05, 4.69) is 25.1 Å². The Morgan fingerprint density at radius 1 is 1.23 bits per heavy atom. The first-order valence-electron chi connectivity index (χ1n) is 8.43. The summed E-state index contributed by atoms with van der Waals surface area (Å²) in [6, 6.07) is 1.62. The van der Waals surface area contributed by atoms with Crippen molar-refractivity contribution in [1.29, 1.82) is 0 Å². The van der Waals surface area contributed by atoms with E-state index in [4.69, 9.17) is 11.6 Å². The van der Waals surface area contributed by atoms with Crippen LogP contribution in [0, 0.1) is 6.92 Å². The van der Waals surface area contributed by atoms with Crippen molar-refractivity contribution in [2.45, 2.75) is 19.9 Å². The fraction of sp³-hybridized carbons (Fsp3) is 0.438. The van der Waals surface area contributed by atoms with Gasteiger partial charge in [-0.1, -0.05) is 11.6 Å². The maximum Gasteiger partial charge on any atom is 0.254 e. The van der Waals surface area contributed by atoms with Crippen LogP contribution in [0.3, 0.4) is 0 Å². The van der Waals surface area contributed by atoms with Gasteiger partial charge in [0.05, 0.1) is 11.2 Å². The van der Waals surface area contributed by atoms with Gasteiger partial charge >= 0.3 is 0 Å². The predicted octanol–water partition coefficient (Wildman–Crippen LogP) is 1.19. The maximum atomic E-state index is 12.7. The van der Waals surface area contributed by atoms with Crippen LogP contribution in [0.25, 0.3) is 5.78 Å². The molecule has 0 radical (unpaired) electrons. The molecule has 1 amide bonds. The monoisotopic (exact) mass is 374 g/mol. The largest absolute Gasteiger partial charge is 0.353 e. The van der Waals surface area contributed by atoms with Gasteiger partial charge in [-0.3, -0.25) is 9.48 Å². The highest BCUT2D eigenvalue weighted by Gasteiger charge is 2.27. The molecule has 3 aromatic rings. The molecule has 4 rings (SSSR count). The molecule has 0 spiro atoms. The molecule has 1 aliphatic heterocycles. The number of aromatic nitrogens is 6. The summed E-state index contributed by atoms with van der Waals surface area (Å²) in [5.41, 5.74) is 0.892. The zero-order chi connectivity index (χ0) is 18.3. The highest BCUT2D eigenvalue weighted by Crippen LogP contribution is 2.20. The quantitative estimate of drug-likeness (QED) is 0.684. The number of carbonyl (C=O) groups excluding carboxylic acids is 1. The summed E-state index contributed by atoms with van der Waals surface area (Å²) < 4.78 is 3.33. The number of fused-ring (bicyclic) bond motifs is 1. The topological polar surface area (TPSA) is 84.5 Å². The minimum atomic E-state index is -0.376. The predicted molar refractivity (Wildman–Crippen MR) is 96.3 cm³/mol. The van der Waals surface area contributed by atoms with Gasteiger partial charge in [-0.2, -0.15) is 19.7 Å². The van der Waals surface area contributed by atoms with Gasteiger partial charge in [-0.05, 0) is 13.8 Å². The van der Waals surface area contributed by atoms with E-state index in [0.717, 1.165) is 24.6 Å². The second-order valence-corrected chi connectivity index (χ2v) is 6.79. The first-order valence-corrected chi connectivity index (χ1v) is 8.81. The van der Waals surface area contributed by atoms with E-state index < -0.39 is 0 Å². The van der Waals surface area contributed by atoms with Crippen molar-refractivity contribution in [2.75, 3.05) is 31.1 Å². The zero-order valence-electron chi connectivity index (χ0n) is 14.6. The summed E-state index contributed by atoms with van der Waals surface area (Å²) in [7, 11) is 0. The van der Waals surface area contributed by atoms with E-state index in [1.165, 1.54) is 6.33 Å². The van der Waals surface area contributed by atoms with Crippen LogP contribution in [0.4, 0.5) is 5.82 Å². The van der Waals surface area contributed by atoms with Crippen molar-refractivity contribution >= 4 is 29.1 Å². The number of carbonyl (C=O) groups is 1. The number of piperazine rings is 1. The second-order valence-electron chi connectivity index (χ2n) is 6.35. The number of rotatable bonds is 3. The molecule has 9 nitrogen and oxygen atoms in total. The molecule has 0 saturated carbocycles. The van der Waals surface area contributed by atoms with Gasteiger partial charge in [0.2, 0.25) is 5.91 Å². The third-order valence-electron chi connectivity index (χ3n) is 4.60. The van der Waals surface area contributed by atoms with Crippen molar-refractivity contribution in [3.8, 4) is 0 Å². The average molecular weight is 375 g/mol. The highest BCUT2D eigenvalue weighted by molar-refractivity contribution is 6.30. The standard InChI is InChI=1S/C16H19ClN8O/c1-11-7-14(25-16(21-11)18-10-20-25)22-3-5-23(6-4-22)15(26)12(2)24-9-13(17)8-19-24/h7-10,12H,3-6H2,1-2H3/t12-/m1/s1. The number of amides is 1. The van der Waals surface area contributed by atoms with Crippen molar-refractivity contribution in [3.05, 3.63) is 35.5 Å². The molecule has 1 atom stereocenters. The zero-order valence-corrected chi connectivity index (χ0v) is 15.3. The molecule has 1 aliphatic rings. The first-order chi connectivity index (χ1) is 12.5. The van der Waals surface area contributed by atoms with E-state index in [1.54, 1.807) is 21.6 Å². The van der Waals surface area contributed by atoms with Crippen LogP contribution in [0.5, 0.6) is 0 Å². The van der Waals surface area contributed by atoms with Crippen molar-refractivity contribution in [1.82, 2.24) is 34.3 Å². The molecule has 3 aromatic heterocycles. The van der Waals surface area contributed by atoms with Gasteiger partial charge in [-0.25, -0.2) is 4.98 Å². The van der Waals surface area contributed by atoms with E-state index >= 15 is 0 Å². The molecular weight excluding hydrogens is 356 g/mol. The second kappa shape index (κ2) is 6.56. The van der Waals surface area contributed by atoms with Gasteiger partial charge in [0.1, 0.15) is 18.2 Å². The molecule has 0 unspecified atom stereocenters. The van der Waals surface area contributed by atoms with Crippen molar-refractivity contribution in [3.63, 3.8) is 0 Å². The molecule has 0 aliphatic carbocycles. The molecule has 0 bridgehead atoms. The third kappa shape index (κ3) is 2.98. The van der Waals surface area contributed by atoms with Crippen molar-refractivity contribution < 1.29 is 4.79 Å². The van der Waals surface area contributed by atoms with Crippen LogP contribution >= 0.6 is 11.6 Å². The van der Waals surface area contributed by atoms with E-state index in [0.29, 0.717) is 23.9 Å². The van der Waals surface area contributed by atoms with Crippen LogP contribution in [0.1, 0.15) is 18.7 Å². The van der Waals surface area contributed by atoms with Gasteiger partial charge < -0.3 is 9.80 Å². The lowest BCUT2D eigenvalue weighted by Gasteiger charge is -2.37. The number of anilines is 1. The van der Waals surface area contributed by atoms with Gasteiger partial charge in [0, 0.05) is 44.1 Å². The molecular formula is C16H19ClN8O. The summed E-state index contributed by atoms with van der Waals surface area (Å²) in [5, 5.41) is 8.92. The molecule has 0 N–H and O–H groups in total. The average Bonchev–Trinajstić information content (AvgIpc) is 3.28. The number of hydrogen-bond acceptors (Lipinski definition) is 6.